The molecule has 2 N–H and O–H groups in total. The van der Waals surface area contributed by atoms with Crippen molar-refractivity contribution in [3.63, 3.8) is 0 Å². The summed E-state index contributed by atoms with van der Waals surface area (Å²) in [7, 11) is 0. The quantitative estimate of drug-likeness (QED) is 0.850. The zero-order valence-electron chi connectivity index (χ0n) is 10.5. The van der Waals surface area contributed by atoms with Gasteiger partial charge in [-0.15, -0.1) is 0 Å². The number of rotatable bonds is 2. The Hall–Kier alpha value is -1.75. The minimum absolute atomic E-state index is 0.0610. The molecular formula is C13H15ClN4O. The lowest BCUT2D eigenvalue weighted by Crippen LogP contribution is -2.27. The van der Waals surface area contributed by atoms with Gasteiger partial charge in [-0.1, -0.05) is 11.6 Å². The van der Waals surface area contributed by atoms with Gasteiger partial charge in [-0.05, 0) is 36.6 Å². The zero-order chi connectivity index (χ0) is 13.4. The van der Waals surface area contributed by atoms with E-state index in [9.17, 15) is 4.79 Å². The highest BCUT2D eigenvalue weighted by molar-refractivity contribution is 6.30. The smallest absolute Gasteiger partial charge is 0.346 e. The minimum atomic E-state index is -0.0610. The standard InChI is InChI=1S/C13H15ClN4O/c14-10-4-5-11(15)9(7-10)8-18-13(19)17-6-2-1-3-12(17)16-18/h4-5,7H,1-3,6,8,15H2. The number of nitrogen functional groups attached to an aromatic ring is 1. The van der Waals surface area contributed by atoms with Crippen LogP contribution >= 0.6 is 11.6 Å². The van der Waals surface area contributed by atoms with Gasteiger partial charge in [0, 0.05) is 23.7 Å². The number of fused-ring (bicyclic) bond motifs is 1. The van der Waals surface area contributed by atoms with Crippen LogP contribution in [0, 0.1) is 0 Å². The fraction of sp³-hybridized carbons (Fsp3) is 0.385. The molecule has 0 fully saturated rings. The lowest BCUT2D eigenvalue weighted by Gasteiger charge is -2.09. The molecule has 2 heterocycles. The summed E-state index contributed by atoms with van der Waals surface area (Å²) >= 11 is 5.96. The maximum atomic E-state index is 12.2. The Morgan fingerprint density at radius 3 is 3.00 bits per heavy atom. The number of aromatic nitrogens is 3. The summed E-state index contributed by atoms with van der Waals surface area (Å²) in [6.45, 7) is 1.13. The van der Waals surface area contributed by atoms with Crippen molar-refractivity contribution >= 4 is 17.3 Å². The van der Waals surface area contributed by atoms with E-state index in [4.69, 9.17) is 17.3 Å². The van der Waals surface area contributed by atoms with Crippen molar-refractivity contribution in [2.75, 3.05) is 5.73 Å². The van der Waals surface area contributed by atoms with Gasteiger partial charge in [0.25, 0.3) is 0 Å². The second kappa shape index (κ2) is 4.74. The van der Waals surface area contributed by atoms with Gasteiger partial charge in [0.2, 0.25) is 0 Å². The topological polar surface area (TPSA) is 65.8 Å². The number of aryl methyl sites for hydroxylation is 1. The van der Waals surface area contributed by atoms with E-state index in [1.54, 1.807) is 22.8 Å². The van der Waals surface area contributed by atoms with E-state index < -0.39 is 0 Å². The van der Waals surface area contributed by atoms with E-state index in [0.717, 1.165) is 37.2 Å². The van der Waals surface area contributed by atoms with Crippen molar-refractivity contribution < 1.29 is 0 Å². The molecule has 0 atom stereocenters. The molecule has 1 aliphatic heterocycles. The van der Waals surface area contributed by atoms with E-state index in [1.807, 2.05) is 0 Å². The number of halogens is 1. The van der Waals surface area contributed by atoms with Crippen molar-refractivity contribution in [3.8, 4) is 0 Å². The van der Waals surface area contributed by atoms with Gasteiger partial charge in [-0.3, -0.25) is 4.57 Å². The predicted octanol–water partition coefficient (Wildman–Crippen LogP) is 1.67. The molecule has 0 amide bonds. The maximum absolute atomic E-state index is 12.2. The third-order valence-electron chi connectivity index (χ3n) is 3.46. The molecule has 1 aromatic carbocycles. The van der Waals surface area contributed by atoms with Gasteiger partial charge in [0.05, 0.1) is 6.54 Å². The Morgan fingerprint density at radius 1 is 1.37 bits per heavy atom. The van der Waals surface area contributed by atoms with E-state index >= 15 is 0 Å². The highest BCUT2D eigenvalue weighted by atomic mass is 35.5. The SMILES string of the molecule is Nc1ccc(Cl)cc1Cn1nc2n(c1=O)CCCC2. The molecule has 0 bridgehead atoms. The fourth-order valence-corrected chi connectivity index (χ4v) is 2.62. The van der Waals surface area contributed by atoms with Crippen molar-refractivity contribution in [1.82, 2.24) is 14.3 Å². The summed E-state index contributed by atoms with van der Waals surface area (Å²) in [6, 6.07) is 5.27. The van der Waals surface area contributed by atoms with Crippen LogP contribution < -0.4 is 11.4 Å². The monoisotopic (exact) mass is 278 g/mol. The highest BCUT2D eigenvalue weighted by Gasteiger charge is 2.17. The summed E-state index contributed by atoms with van der Waals surface area (Å²) in [5.41, 5.74) is 7.29. The largest absolute Gasteiger partial charge is 0.398 e. The Kier molecular flexibility index (Phi) is 3.06. The van der Waals surface area contributed by atoms with E-state index in [0.29, 0.717) is 17.3 Å². The fourth-order valence-electron chi connectivity index (χ4n) is 2.42. The first kappa shape index (κ1) is 12.3. The van der Waals surface area contributed by atoms with Gasteiger partial charge >= 0.3 is 5.69 Å². The normalized spacial score (nSPS) is 14.4. The molecule has 0 unspecified atom stereocenters. The Labute approximate surface area is 115 Å². The first-order valence-corrected chi connectivity index (χ1v) is 6.73. The van der Waals surface area contributed by atoms with Crippen molar-refractivity contribution in [3.05, 3.63) is 45.1 Å². The number of nitrogens with zero attached hydrogens (tertiary/aromatic N) is 3. The molecule has 6 heteroatoms. The maximum Gasteiger partial charge on any atom is 0.346 e. The van der Waals surface area contributed by atoms with Gasteiger partial charge in [-0.2, -0.15) is 5.10 Å². The molecule has 19 heavy (non-hydrogen) atoms. The molecule has 0 radical (unpaired) electrons. The van der Waals surface area contributed by atoms with Crippen LogP contribution in [0.15, 0.2) is 23.0 Å². The molecule has 2 aromatic rings. The Morgan fingerprint density at radius 2 is 2.21 bits per heavy atom. The lowest BCUT2D eigenvalue weighted by atomic mass is 10.2. The van der Waals surface area contributed by atoms with Gasteiger partial charge < -0.3 is 5.73 Å². The Bertz CT molecular complexity index is 674. The first-order chi connectivity index (χ1) is 9.15. The summed E-state index contributed by atoms with van der Waals surface area (Å²) < 4.78 is 3.23. The number of benzene rings is 1. The van der Waals surface area contributed by atoms with Crippen molar-refractivity contribution in [2.45, 2.75) is 32.4 Å². The average Bonchev–Trinajstić information content (AvgIpc) is 2.72. The van der Waals surface area contributed by atoms with E-state index in [-0.39, 0.29) is 5.69 Å². The highest BCUT2D eigenvalue weighted by Crippen LogP contribution is 2.18. The van der Waals surface area contributed by atoms with Gasteiger partial charge in [-0.25, -0.2) is 9.48 Å². The summed E-state index contributed by atoms with van der Waals surface area (Å²) in [5.74, 6) is 0.872. The number of anilines is 1. The van der Waals surface area contributed by atoms with E-state index in [1.165, 1.54) is 4.68 Å². The van der Waals surface area contributed by atoms with Crippen molar-refractivity contribution in [1.29, 1.82) is 0 Å². The van der Waals surface area contributed by atoms with Gasteiger partial charge in [0.1, 0.15) is 5.82 Å². The molecule has 0 spiro atoms. The molecule has 100 valence electrons. The van der Waals surface area contributed by atoms with Crippen LogP contribution in [0.3, 0.4) is 0 Å². The third kappa shape index (κ3) is 2.26. The molecule has 5 nitrogen and oxygen atoms in total. The average molecular weight is 279 g/mol. The molecule has 1 aliphatic rings. The molecular weight excluding hydrogens is 264 g/mol. The van der Waals surface area contributed by atoms with Crippen LogP contribution in [0.4, 0.5) is 5.69 Å². The Balaban J connectivity index is 1.97. The second-order valence-electron chi connectivity index (χ2n) is 4.81. The second-order valence-corrected chi connectivity index (χ2v) is 5.24. The summed E-state index contributed by atoms with van der Waals surface area (Å²) in [6.07, 6.45) is 3.00. The van der Waals surface area contributed by atoms with Crippen LogP contribution in [0.2, 0.25) is 5.02 Å². The number of nitrogens with two attached hydrogens (primary N) is 1. The summed E-state index contributed by atoms with van der Waals surface area (Å²) in [4.78, 5) is 12.2. The van der Waals surface area contributed by atoms with Crippen LogP contribution in [0.5, 0.6) is 0 Å². The van der Waals surface area contributed by atoms with Crippen molar-refractivity contribution in [2.24, 2.45) is 0 Å². The van der Waals surface area contributed by atoms with Crippen LogP contribution in [0.1, 0.15) is 24.2 Å². The lowest BCUT2D eigenvalue weighted by molar-refractivity contribution is 0.511. The van der Waals surface area contributed by atoms with E-state index in [2.05, 4.69) is 5.10 Å². The minimum Gasteiger partial charge on any atom is -0.398 e. The third-order valence-corrected chi connectivity index (χ3v) is 3.69. The molecule has 0 saturated heterocycles. The van der Waals surface area contributed by atoms with Crippen LogP contribution in [0.25, 0.3) is 0 Å². The number of hydrogen-bond donors (Lipinski definition) is 1. The predicted molar refractivity (Wildman–Crippen MR) is 74.4 cm³/mol. The molecule has 1 aromatic heterocycles. The molecule has 0 aliphatic carbocycles. The van der Waals surface area contributed by atoms with Crippen LogP contribution in [-0.4, -0.2) is 14.3 Å². The number of hydrogen-bond acceptors (Lipinski definition) is 3. The molecule has 0 saturated carbocycles. The first-order valence-electron chi connectivity index (χ1n) is 6.35. The van der Waals surface area contributed by atoms with Gasteiger partial charge in [0.15, 0.2) is 0 Å². The van der Waals surface area contributed by atoms with Crippen LogP contribution in [-0.2, 0) is 19.5 Å². The zero-order valence-corrected chi connectivity index (χ0v) is 11.2. The summed E-state index contributed by atoms with van der Waals surface area (Å²) in [5, 5.41) is 5.00. The molecule has 3 rings (SSSR count).